The minimum Gasteiger partial charge on any atom is -0.468 e. The van der Waals surface area contributed by atoms with Crippen LogP contribution in [0.2, 0.25) is 0 Å². The molecule has 0 heterocycles. The Labute approximate surface area is 111 Å². The Hall–Kier alpha value is -0.610. The van der Waals surface area contributed by atoms with Crippen LogP contribution in [0.25, 0.3) is 0 Å². The van der Waals surface area contributed by atoms with Gasteiger partial charge in [-0.3, -0.25) is 4.79 Å². The molecule has 18 heavy (non-hydrogen) atoms. The van der Waals surface area contributed by atoms with Crippen molar-refractivity contribution in [1.29, 1.82) is 0 Å². The van der Waals surface area contributed by atoms with Crippen LogP contribution in [0.4, 0.5) is 0 Å². The fraction of sp³-hybridized carbons (Fsp3) is 0.929. The lowest BCUT2D eigenvalue weighted by Gasteiger charge is -2.26. The van der Waals surface area contributed by atoms with Crippen molar-refractivity contribution in [2.24, 2.45) is 0 Å². The van der Waals surface area contributed by atoms with Gasteiger partial charge in [-0.2, -0.15) is 0 Å². The summed E-state index contributed by atoms with van der Waals surface area (Å²) in [5, 5.41) is 3.37. The molecule has 0 bridgehead atoms. The second-order valence-corrected chi connectivity index (χ2v) is 5.42. The first kappa shape index (κ1) is 15.4. The number of carbonyl (C=O) groups excluding carboxylic acids is 1. The van der Waals surface area contributed by atoms with Gasteiger partial charge in [0.2, 0.25) is 0 Å². The van der Waals surface area contributed by atoms with Crippen LogP contribution in [-0.4, -0.2) is 49.7 Å². The van der Waals surface area contributed by atoms with Crippen molar-refractivity contribution in [2.45, 2.75) is 64.1 Å². The van der Waals surface area contributed by atoms with Gasteiger partial charge >= 0.3 is 5.97 Å². The molecule has 106 valence electrons. The van der Waals surface area contributed by atoms with E-state index in [0.717, 1.165) is 13.0 Å². The summed E-state index contributed by atoms with van der Waals surface area (Å²) in [4.78, 5) is 14.0. The summed E-state index contributed by atoms with van der Waals surface area (Å²) in [6.45, 7) is 5.38. The van der Waals surface area contributed by atoms with Gasteiger partial charge in [-0.15, -0.1) is 0 Å². The van der Waals surface area contributed by atoms with Crippen LogP contribution in [0.15, 0.2) is 0 Å². The lowest BCUT2D eigenvalue weighted by molar-refractivity contribution is -0.143. The van der Waals surface area contributed by atoms with Gasteiger partial charge in [0.25, 0.3) is 0 Å². The molecule has 4 nitrogen and oxygen atoms in total. The van der Waals surface area contributed by atoms with Crippen molar-refractivity contribution in [3.05, 3.63) is 0 Å². The van der Waals surface area contributed by atoms with Crippen LogP contribution in [0.3, 0.4) is 0 Å². The number of rotatable bonds is 9. The van der Waals surface area contributed by atoms with Crippen LogP contribution < -0.4 is 5.32 Å². The topological polar surface area (TPSA) is 41.6 Å². The highest BCUT2D eigenvalue weighted by atomic mass is 16.5. The van der Waals surface area contributed by atoms with Gasteiger partial charge in [-0.1, -0.05) is 13.3 Å². The molecule has 1 rings (SSSR count). The molecular formula is C14H28N2O2. The summed E-state index contributed by atoms with van der Waals surface area (Å²) in [6, 6.07) is 0.973. The maximum atomic E-state index is 11.7. The average Bonchev–Trinajstić information content (AvgIpc) is 3.17. The first-order valence-corrected chi connectivity index (χ1v) is 7.12. The second kappa shape index (κ2) is 7.74. The van der Waals surface area contributed by atoms with E-state index in [1.54, 1.807) is 0 Å². The standard InChI is InChI=1S/C14H28N2O2/c1-5-6-11(2)16(3)10-9-13(14(17)18-4)15-12-7-8-12/h11-13,15H,5-10H2,1-4H3. The van der Waals surface area contributed by atoms with Crippen molar-refractivity contribution in [1.82, 2.24) is 10.2 Å². The minimum atomic E-state index is -0.140. The Morgan fingerprint density at radius 2 is 2.11 bits per heavy atom. The summed E-state index contributed by atoms with van der Waals surface area (Å²) in [5.41, 5.74) is 0. The van der Waals surface area contributed by atoms with E-state index in [1.807, 2.05) is 0 Å². The molecular weight excluding hydrogens is 228 g/mol. The number of carbonyl (C=O) groups is 1. The number of esters is 1. The predicted molar refractivity (Wildman–Crippen MR) is 73.6 cm³/mol. The normalized spacial score (nSPS) is 18.7. The smallest absolute Gasteiger partial charge is 0.322 e. The quantitative estimate of drug-likeness (QED) is 0.639. The lowest BCUT2D eigenvalue weighted by Crippen LogP contribution is -2.42. The van der Waals surface area contributed by atoms with Crippen LogP contribution in [0, 0.1) is 0 Å². The molecule has 0 aromatic heterocycles. The molecule has 4 heteroatoms. The lowest BCUT2D eigenvalue weighted by atomic mass is 10.1. The minimum absolute atomic E-state index is 0.126. The van der Waals surface area contributed by atoms with E-state index in [1.165, 1.54) is 32.8 Å². The Morgan fingerprint density at radius 3 is 2.61 bits per heavy atom. The second-order valence-electron chi connectivity index (χ2n) is 5.42. The zero-order chi connectivity index (χ0) is 13.5. The molecule has 0 saturated heterocycles. The average molecular weight is 256 g/mol. The summed E-state index contributed by atoms with van der Waals surface area (Å²) >= 11 is 0. The van der Waals surface area contributed by atoms with Crippen molar-refractivity contribution >= 4 is 5.97 Å². The third-order valence-electron chi connectivity index (χ3n) is 3.73. The Kier molecular flexibility index (Phi) is 6.65. The maximum Gasteiger partial charge on any atom is 0.322 e. The third kappa shape index (κ3) is 5.36. The number of ether oxygens (including phenoxy) is 1. The predicted octanol–water partition coefficient (Wildman–Crippen LogP) is 1.79. The number of hydrogen-bond acceptors (Lipinski definition) is 4. The van der Waals surface area contributed by atoms with Crippen molar-refractivity contribution in [2.75, 3.05) is 20.7 Å². The molecule has 1 fully saturated rings. The zero-order valence-corrected chi connectivity index (χ0v) is 12.2. The van der Waals surface area contributed by atoms with Crippen molar-refractivity contribution in [3.63, 3.8) is 0 Å². The summed E-state index contributed by atoms with van der Waals surface area (Å²) in [6.07, 6.45) is 5.61. The van der Waals surface area contributed by atoms with Gasteiger partial charge in [0.1, 0.15) is 6.04 Å². The highest BCUT2D eigenvalue weighted by Gasteiger charge is 2.29. The molecule has 1 N–H and O–H groups in total. The first-order chi connectivity index (χ1) is 8.58. The Morgan fingerprint density at radius 1 is 1.44 bits per heavy atom. The van der Waals surface area contributed by atoms with E-state index in [4.69, 9.17) is 4.74 Å². The molecule has 0 radical (unpaired) electrons. The molecule has 0 aromatic rings. The molecule has 0 spiro atoms. The van der Waals surface area contributed by atoms with E-state index in [-0.39, 0.29) is 12.0 Å². The summed E-state index contributed by atoms with van der Waals surface area (Å²) in [5.74, 6) is -0.126. The van der Waals surface area contributed by atoms with Crippen LogP contribution >= 0.6 is 0 Å². The monoisotopic (exact) mass is 256 g/mol. The zero-order valence-electron chi connectivity index (χ0n) is 12.2. The SMILES string of the molecule is CCCC(C)N(C)CCC(NC1CC1)C(=O)OC. The highest BCUT2D eigenvalue weighted by Crippen LogP contribution is 2.20. The largest absolute Gasteiger partial charge is 0.468 e. The van der Waals surface area contributed by atoms with Gasteiger partial charge in [-0.25, -0.2) is 0 Å². The van der Waals surface area contributed by atoms with E-state index in [0.29, 0.717) is 12.1 Å². The molecule has 1 saturated carbocycles. The Balaban J connectivity index is 2.33. The van der Waals surface area contributed by atoms with Gasteiger partial charge in [0, 0.05) is 18.6 Å². The highest BCUT2D eigenvalue weighted by molar-refractivity contribution is 5.75. The van der Waals surface area contributed by atoms with Crippen molar-refractivity contribution in [3.8, 4) is 0 Å². The molecule has 2 atom stereocenters. The van der Waals surface area contributed by atoms with E-state index in [9.17, 15) is 4.79 Å². The molecule has 0 aromatic carbocycles. The fourth-order valence-corrected chi connectivity index (χ4v) is 2.14. The number of nitrogens with zero attached hydrogens (tertiary/aromatic N) is 1. The van der Waals surface area contributed by atoms with E-state index in [2.05, 4.69) is 31.1 Å². The van der Waals surface area contributed by atoms with Gasteiger partial charge in [-0.05, 0) is 39.7 Å². The van der Waals surface area contributed by atoms with Crippen LogP contribution in [0.1, 0.15) is 46.0 Å². The summed E-state index contributed by atoms with van der Waals surface area (Å²) < 4.78 is 4.86. The molecule has 0 amide bonds. The number of nitrogens with one attached hydrogen (secondary N) is 1. The van der Waals surface area contributed by atoms with Gasteiger partial charge in [0.15, 0.2) is 0 Å². The van der Waals surface area contributed by atoms with Crippen LogP contribution in [-0.2, 0) is 9.53 Å². The summed E-state index contributed by atoms with van der Waals surface area (Å²) in [7, 11) is 3.60. The Bertz CT molecular complexity index is 254. The maximum absolute atomic E-state index is 11.7. The number of hydrogen-bond donors (Lipinski definition) is 1. The molecule has 0 aliphatic heterocycles. The van der Waals surface area contributed by atoms with Gasteiger partial charge in [0.05, 0.1) is 7.11 Å². The van der Waals surface area contributed by atoms with Gasteiger partial charge < -0.3 is 15.0 Å². The fourth-order valence-electron chi connectivity index (χ4n) is 2.14. The third-order valence-corrected chi connectivity index (χ3v) is 3.73. The van der Waals surface area contributed by atoms with E-state index >= 15 is 0 Å². The first-order valence-electron chi connectivity index (χ1n) is 7.12. The van der Waals surface area contributed by atoms with Crippen molar-refractivity contribution < 1.29 is 9.53 Å². The van der Waals surface area contributed by atoms with Crippen LogP contribution in [0.5, 0.6) is 0 Å². The van der Waals surface area contributed by atoms with E-state index < -0.39 is 0 Å². The number of methoxy groups -OCH3 is 1. The molecule has 1 aliphatic carbocycles. The molecule has 1 aliphatic rings. The molecule has 2 unspecified atom stereocenters.